The Morgan fingerprint density at radius 2 is 1.77 bits per heavy atom. The summed E-state index contributed by atoms with van der Waals surface area (Å²) in [6, 6.07) is 13.5. The van der Waals surface area contributed by atoms with Crippen LogP contribution in [0.2, 0.25) is 0 Å². The van der Waals surface area contributed by atoms with Crippen molar-refractivity contribution >= 4 is 5.91 Å². The van der Waals surface area contributed by atoms with E-state index in [1.54, 1.807) is 20.4 Å². The van der Waals surface area contributed by atoms with Crippen LogP contribution in [0.25, 0.3) is 0 Å². The number of carbonyl (C=O) groups is 1. The van der Waals surface area contributed by atoms with Crippen LogP contribution in [0.4, 0.5) is 13.2 Å². The van der Waals surface area contributed by atoms with Crippen LogP contribution < -0.4 is 14.8 Å². The number of halogens is 3. The zero-order valence-electron chi connectivity index (χ0n) is 24.7. The lowest BCUT2D eigenvalue weighted by Crippen LogP contribution is -2.52. The highest BCUT2D eigenvalue weighted by Crippen LogP contribution is 2.36. The van der Waals surface area contributed by atoms with Crippen molar-refractivity contribution in [1.29, 1.82) is 0 Å². The van der Waals surface area contributed by atoms with Gasteiger partial charge in [0.05, 0.1) is 19.8 Å². The van der Waals surface area contributed by atoms with Crippen molar-refractivity contribution in [3.8, 4) is 11.5 Å². The Hall–Kier alpha value is -3.63. The van der Waals surface area contributed by atoms with Gasteiger partial charge in [-0.15, -0.1) is 0 Å². The second-order valence-corrected chi connectivity index (χ2v) is 11.4. The molecule has 1 amide bonds. The quantitative estimate of drug-likeness (QED) is 0.335. The summed E-state index contributed by atoms with van der Waals surface area (Å²) in [7, 11) is 3.31. The number of fused-ring (bicyclic) bond motifs is 1. The summed E-state index contributed by atoms with van der Waals surface area (Å²) in [6.07, 6.45) is 2.31. The molecule has 10 heteroatoms. The number of pyridine rings is 1. The molecule has 1 aromatic heterocycles. The van der Waals surface area contributed by atoms with Crippen LogP contribution in [0.15, 0.2) is 60.9 Å². The van der Waals surface area contributed by atoms with Crippen molar-refractivity contribution in [3.63, 3.8) is 0 Å². The lowest BCUT2D eigenvalue weighted by atomic mass is 9.85. The molecule has 3 heterocycles. The van der Waals surface area contributed by atoms with E-state index in [0.717, 1.165) is 75.6 Å². The van der Waals surface area contributed by atoms with E-state index in [1.165, 1.54) is 28.8 Å². The summed E-state index contributed by atoms with van der Waals surface area (Å²) in [4.78, 5) is 22.2. The zero-order chi connectivity index (χ0) is 30.4. The maximum Gasteiger partial charge on any atom is 0.416 e. The first-order valence-electron chi connectivity index (χ1n) is 14.8. The minimum Gasteiger partial charge on any atom is -0.493 e. The molecule has 0 unspecified atom stereocenters. The Labute approximate surface area is 251 Å². The molecule has 0 aliphatic carbocycles. The van der Waals surface area contributed by atoms with Gasteiger partial charge >= 0.3 is 6.18 Å². The molecule has 2 aliphatic heterocycles. The largest absolute Gasteiger partial charge is 0.493 e. The lowest BCUT2D eigenvalue weighted by molar-refractivity contribution is -0.137. The van der Waals surface area contributed by atoms with E-state index in [4.69, 9.17) is 9.47 Å². The van der Waals surface area contributed by atoms with Crippen molar-refractivity contribution < 1.29 is 27.4 Å². The Bertz CT molecular complexity index is 1370. The second kappa shape index (κ2) is 13.8. The Morgan fingerprint density at radius 1 is 1.02 bits per heavy atom. The van der Waals surface area contributed by atoms with Gasteiger partial charge in [0, 0.05) is 57.6 Å². The third-order valence-corrected chi connectivity index (χ3v) is 8.64. The minimum atomic E-state index is -4.38. The first-order valence-corrected chi connectivity index (χ1v) is 14.8. The lowest BCUT2D eigenvalue weighted by Gasteiger charge is -2.45. The zero-order valence-corrected chi connectivity index (χ0v) is 24.7. The monoisotopic (exact) mass is 596 g/mol. The highest BCUT2D eigenvalue weighted by Gasteiger charge is 2.35. The van der Waals surface area contributed by atoms with Crippen molar-refractivity contribution in [2.75, 3.05) is 33.9 Å². The van der Waals surface area contributed by atoms with E-state index in [9.17, 15) is 18.0 Å². The van der Waals surface area contributed by atoms with Gasteiger partial charge in [0.2, 0.25) is 5.91 Å². The smallest absolute Gasteiger partial charge is 0.416 e. The number of ether oxygens (including phenoxy) is 2. The Kier molecular flexibility index (Phi) is 9.87. The standard InChI is InChI=1S/C33H39F3N4O3/c1-42-30-16-25-11-15-40(22-27(25)17-31(30)43-2)29-12-14-39(20-24-4-3-13-37-18-24)21-26(29)7-10-32(41)38-19-23-5-8-28(9-6-23)33(34,35)36/h3-6,8-9,13,16-18,26,29H,7,10-12,14-15,19-22H2,1-2H3,(H,38,41)/t26-,29+/m0/s1. The summed E-state index contributed by atoms with van der Waals surface area (Å²) in [5.41, 5.74) is 3.64. The summed E-state index contributed by atoms with van der Waals surface area (Å²) in [6.45, 7) is 4.61. The fourth-order valence-electron chi connectivity index (χ4n) is 6.36. The number of methoxy groups -OCH3 is 2. The molecule has 2 aromatic carbocycles. The molecular formula is C33H39F3N4O3. The van der Waals surface area contributed by atoms with Crippen LogP contribution in [0.1, 0.15) is 47.1 Å². The van der Waals surface area contributed by atoms with Crippen LogP contribution in [0, 0.1) is 5.92 Å². The van der Waals surface area contributed by atoms with E-state index < -0.39 is 11.7 Å². The van der Waals surface area contributed by atoms with Gasteiger partial charge in [-0.2, -0.15) is 13.2 Å². The third kappa shape index (κ3) is 7.86. The van der Waals surface area contributed by atoms with Gasteiger partial charge in [0.1, 0.15) is 0 Å². The molecule has 0 spiro atoms. The number of benzene rings is 2. The predicted molar refractivity (Wildman–Crippen MR) is 158 cm³/mol. The van der Waals surface area contributed by atoms with Crippen molar-refractivity contribution in [3.05, 3.63) is 88.7 Å². The van der Waals surface area contributed by atoms with E-state index in [1.807, 2.05) is 12.3 Å². The molecule has 0 bridgehead atoms. The fourth-order valence-corrected chi connectivity index (χ4v) is 6.36. The average Bonchev–Trinajstić information content (AvgIpc) is 3.02. The minimum absolute atomic E-state index is 0.0937. The topological polar surface area (TPSA) is 66.9 Å². The molecule has 230 valence electrons. The molecule has 3 aromatic rings. The molecule has 1 N–H and O–H groups in total. The number of hydrogen-bond acceptors (Lipinski definition) is 6. The average molecular weight is 597 g/mol. The van der Waals surface area contributed by atoms with Gasteiger partial charge in [-0.1, -0.05) is 18.2 Å². The molecule has 2 aliphatic rings. The van der Waals surface area contributed by atoms with Gasteiger partial charge in [0.15, 0.2) is 11.5 Å². The normalized spacial score (nSPS) is 19.5. The van der Waals surface area contributed by atoms with E-state index in [-0.39, 0.29) is 18.4 Å². The number of likely N-dealkylation sites (tertiary alicyclic amines) is 1. The summed E-state index contributed by atoms with van der Waals surface area (Å²) < 4.78 is 49.7. The molecule has 1 fully saturated rings. The van der Waals surface area contributed by atoms with Crippen molar-refractivity contribution in [2.45, 2.75) is 57.5 Å². The first-order chi connectivity index (χ1) is 20.7. The molecule has 1 saturated heterocycles. The van der Waals surface area contributed by atoms with Crippen LogP contribution >= 0.6 is 0 Å². The number of rotatable bonds is 10. The predicted octanol–water partition coefficient (Wildman–Crippen LogP) is 5.46. The molecule has 7 nitrogen and oxygen atoms in total. The summed E-state index contributed by atoms with van der Waals surface area (Å²) >= 11 is 0. The molecule has 5 rings (SSSR count). The SMILES string of the molecule is COc1cc2c(cc1OC)CN([C@@H]1CCN(Cc3cccnc3)C[C@@H]1CCC(=O)NCc1ccc(C(F)(F)F)cc1)CC2. The maximum absolute atomic E-state index is 12.9. The van der Waals surface area contributed by atoms with Gasteiger partial charge in [-0.05, 0) is 84.3 Å². The molecule has 2 atom stereocenters. The van der Waals surface area contributed by atoms with E-state index >= 15 is 0 Å². The number of alkyl halides is 3. The van der Waals surface area contributed by atoms with Crippen LogP contribution in [0.3, 0.4) is 0 Å². The van der Waals surface area contributed by atoms with E-state index in [2.05, 4.69) is 38.3 Å². The first kappa shape index (κ1) is 30.8. The Balaban J connectivity index is 1.24. The summed E-state index contributed by atoms with van der Waals surface area (Å²) in [5.74, 6) is 1.67. The van der Waals surface area contributed by atoms with Gasteiger partial charge in [0.25, 0.3) is 0 Å². The van der Waals surface area contributed by atoms with E-state index in [0.29, 0.717) is 18.0 Å². The number of amides is 1. The maximum atomic E-state index is 12.9. The van der Waals surface area contributed by atoms with Crippen LogP contribution in [-0.2, 0) is 37.0 Å². The number of nitrogens with one attached hydrogen (secondary N) is 1. The van der Waals surface area contributed by atoms with Crippen LogP contribution in [0.5, 0.6) is 11.5 Å². The number of nitrogens with zero attached hydrogens (tertiary/aromatic N) is 3. The number of hydrogen-bond donors (Lipinski definition) is 1. The second-order valence-electron chi connectivity index (χ2n) is 11.4. The Morgan fingerprint density at radius 3 is 2.44 bits per heavy atom. The highest BCUT2D eigenvalue weighted by molar-refractivity contribution is 5.75. The van der Waals surface area contributed by atoms with Crippen molar-refractivity contribution in [2.24, 2.45) is 5.92 Å². The number of carbonyl (C=O) groups excluding carboxylic acids is 1. The molecule has 43 heavy (non-hydrogen) atoms. The van der Waals surface area contributed by atoms with Crippen LogP contribution in [-0.4, -0.2) is 60.6 Å². The third-order valence-electron chi connectivity index (χ3n) is 8.64. The highest BCUT2D eigenvalue weighted by atomic mass is 19.4. The van der Waals surface area contributed by atoms with Crippen molar-refractivity contribution in [1.82, 2.24) is 20.1 Å². The summed E-state index contributed by atoms with van der Waals surface area (Å²) in [5, 5.41) is 2.90. The van der Waals surface area contributed by atoms with Gasteiger partial charge in [-0.25, -0.2) is 0 Å². The van der Waals surface area contributed by atoms with Gasteiger partial charge in [-0.3, -0.25) is 19.6 Å². The molecule has 0 radical (unpaired) electrons. The fraction of sp³-hybridized carbons (Fsp3) is 0.455. The van der Waals surface area contributed by atoms with Gasteiger partial charge < -0.3 is 14.8 Å². The number of aromatic nitrogens is 1. The number of piperidine rings is 1. The molecular weight excluding hydrogens is 557 g/mol. The molecule has 0 saturated carbocycles.